The van der Waals surface area contributed by atoms with Gasteiger partial charge < -0.3 is 4.98 Å². The molecule has 25 heavy (non-hydrogen) atoms. The van der Waals surface area contributed by atoms with E-state index in [1.165, 1.54) is 18.5 Å². The summed E-state index contributed by atoms with van der Waals surface area (Å²) in [7, 11) is 0. The second-order valence-corrected chi connectivity index (χ2v) is 8.09. The van der Waals surface area contributed by atoms with Crippen LogP contribution in [0.2, 0.25) is 10.0 Å². The van der Waals surface area contributed by atoms with E-state index in [4.69, 9.17) is 23.2 Å². The summed E-state index contributed by atoms with van der Waals surface area (Å²) < 4.78 is 0. The Bertz CT molecular complexity index is 727. The number of halogens is 2. The number of H-pyrrole nitrogens is 1. The fourth-order valence-corrected chi connectivity index (χ4v) is 4.63. The molecular weight excluding hydrogens is 357 g/mol. The van der Waals surface area contributed by atoms with Crippen molar-refractivity contribution in [2.75, 3.05) is 19.6 Å². The van der Waals surface area contributed by atoms with E-state index >= 15 is 0 Å². The van der Waals surface area contributed by atoms with Crippen molar-refractivity contribution in [3.63, 3.8) is 0 Å². The number of aryl methyl sites for hydroxylation is 1. The van der Waals surface area contributed by atoms with Crippen LogP contribution in [0.4, 0.5) is 0 Å². The van der Waals surface area contributed by atoms with Crippen LogP contribution in [0.5, 0.6) is 0 Å². The summed E-state index contributed by atoms with van der Waals surface area (Å²) in [6.45, 7) is 7.13. The lowest BCUT2D eigenvalue weighted by atomic mass is 9.94. The van der Waals surface area contributed by atoms with Crippen LogP contribution in [-0.4, -0.2) is 50.4 Å². The average molecular weight is 380 g/mol. The van der Waals surface area contributed by atoms with E-state index in [1.54, 1.807) is 18.7 Å². The molecule has 0 amide bonds. The summed E-state index contributed by atoms with van der Waals surface area (Å²) in [4.78, 5) is 16.8. The quantitative estimate of drug-likeness (QED) is 0.882. The molecule has 2 bridgehead atoms. The molecule has 0 radical (unpaired) electrons. The molecule has 3 fully saturated rings. The summed E-state index contributed by atoms with van der Waals surface area (Å²) >= 11 is 12.7. The second-order valence-electron chi connectivity index (χ2n) is 7.28. The lowest BCUT2D eigenvalue weighted by molar-refractivity contribution is 0.123. The number of rotatable bonds is 4. The minimum Gasteiger partial charge on any atom is -0.348 e. The summed E-state index contributed by atoms with van der Waals surface area (Å²) in [5.41, 5.74) is 3.33. The van der Waals surface area contributed by atoms with E-state index in [1.807, 2.05) is 0 Å². The molecule has 0 unspecified atom stereocenters. The third-order valence-corrected chi connectivity index (χ3v) is 6.18. The maximum atomic E-state index is 6.34. The average Bonchev–Trinajstić information content (AvgIpc) is 2.80. The third-order valence-electron chi connectivity index (χ3n) is 5.52. The van der Waals surface area contributed by atoms with Gasteiger partial charge in [-0.1, -0.05) is 23.2 Å². The Morgan fingerprint density at radius 2 is 1.92 bits per heavy atom. The Morgan fingerprint density at radius 3 is 2.64 bits per heavy atom. The predicted octanol–water partition coefficient (Wildman–Crippen LogP) is 3.52. The lowest BCUT2D eigenvalue weighted by Crippen LogP contribution is -2.43. The van der Waals surface area contributed by atoms with Gasteiger partial charge in [0.05, 0.1) is 22.1 Å². The molecule has 3 aliphatic heterocycles. The van der Waals surface area contributed by atoms with Gasteiger partial charge in [0, 0.05) is 62.4 Å². The van der Waals surface area contributed by atoms with Crippen LogP contribution in [0.25, 0.3) is 0 Å². The highest BCUT2D eigenvalue weighted by molar-refractivity contribution is 6.35. The van der Waals surface area contributed by atoms with Crippen molar-refractivity contribution in [1.82, 2.24) is 24.8 Å². The maximum Gasteiger partial charge on any atom is 0.0925 e. The highest BCUT2D eigenvalue weighted by Crippen LogP contribution is 2.32. The second kappa shape index (κ2) is 7.23. The number of piperidine rings is 1. The summed E-state index contributed by atoms with van der Waals surface area (Å²) in [5.74, 6) is 0.692. The highest BCUT2D eigenvalue weighted by atomic mass is 35.5. The SMILES string of the molecule is Cc1[nH]cnc1CN1C[C@@H]2CC[C@H](C1)N(Cc1c(Cl)cncc1Cl)C2. The van der Waals surface area contributed by atoms with Crippen LogP contribution in [-0.2, 0) is 13.1 Å². The van der Waals surface area contributed by atoms with E-state index in [0.717, 1.165) is 44.0 Å². The van der Waals surface area contributed by atoms with Gasteiger partial charge in [0.15, 0.2) is 0 Å². The van der Waals surface area contributed by atoms with Crippen molar-refractivity contribution in [1.29, 1.82) is 0 Å². The van der Waals surface area contributed by atoms with Gasteiger partial charge in [0.25, 0.3) is 0 Å². The Morgan fingerprint density at radius 1 is 1.12 bits per heavy atom. The minimum absolute atomic E-state index is 0.540. The smallest absolute Gasteiger partial charge is 0.0925 e. The molecule has 5 nitrogen and oxygen atoms in total. The van der Waals surface area contributed by atoms with Crippen LogP contribution >= 0.6 is 23.2 Å². The first-order valence-corrected chi connectivity index (χ1v) is 9.59. The molecule has 0 aromatic carbocycles. The van der Waals surface area contributed by atoms with Gasteiger partial charge in [0.1, 0.15) is 0 Å². The fourth-order valence-electron chi connectivity index (χ4n) is 4.15. The van der Waals surface area contributed by atoms with Gasteiger partial charge in [-0.2, -0.15) is 0 Å². The summed E-state index contributed by atoms with van der Waals surface area (Å²) in [6, 6.07) is 0.540. The number of aromatic nitrogens is 3. The third kappa shape index (κ3) is 3.70. The molecule has 0 aliphatic carbocycles. The Kier molecular flexibility index (Phi) is 5.00. The van der Waals surface area contributed by atoms with Gasteiger partial charge in [-0.15, -0.1) is 0 Å². The molecule has 2 atom stereocenters. The van der Waals surface area contributed by atoms with Crippen molar-refractivity contribution in [3.05, 3.63) is 45.7 Å². The fraction of sp³-hybridized carbons (Fsp3) is 0.556. The van der Waals surface area contributed by atoms with Crippen molar-refractivity contribution in [2.24, 2.45) is 5.92 Å². The Hall–Kier alpha value is -1.14. The van der Waals surface area contributed by atoms with Gasteiger partial charge in [-0.05, 0) is 25.7 Å². The van der Waals surface area contributed by atoms with E-state index < -0.39 is 0 Å². The topological polar surface area (TPSA) is 48.1 Å². The van der Waals surface area contributed by atoms with Crippen LogP contribution in [0, 0.1) is 12.8 Å². The van der Waals surface area contributed by atoms with Crippen molar-refractivity contribution < 1.29 is 0 Å². The van der Waals surface area contributed by atoms with Gasteiger partial charge >= 0.3 is 0 Å². The van der Waals surface area contributed by atoms with Crippen LogP contribution < -0.4 is 0 Å². The molecule has 2 aromatic heterocycles. The summed E-state index contributed by atoms with van der Waals surface area (Å²) in [6.07, 6.45) is 7.70. The van der Waals surface area contributed by atoms with Gasteiger partial charge in [-0.3, -0.25) is 14.8 Å². The minimum atomic E-state index is 0.540. The number of fused-ring (bicyclic) bond motifs is 4. The molecule has 0 saturated carbocycles. The first-order chi connectivity index (χ1) is 12.1. The van der Waals surface area contributed by atoms with Crippen LogP contribution in [0.1, 0.15) is 29.8 Å². The number of nitrogens with one attached hydrogen (secondary N) is 1. The number of hydrogen-bond acceptors (Lipinski definition) is 4. The summed E-state index contributed by atoms with van der Waals surface area (Å²) in [5, 5.41) is 1.33. The lowest BCUT2D eigenvalue weighted by Gasteiger charge is -2.36. The first-order valence-electron chi connectivity index (χ1n) is 8.83. The van der Waals surface area contributed by atoms with E-state index in [-0.39, 0.29) is 0 Å². The first kappa shape index (κ1) is 17.3. The maximum absolute atomic E-state index is 6.34. The number of nitrogens with zero attached hydrogens (tertiary/aromatic N) is 4. The van der Waals surface area contributed by atoms with Crippen LogP contribution in [0.3, 0.4) is 0 Å². The standard InChI is InChI=1S/C18H23Cl2N5/c1-12-18(23-11-22-12)10-24-6-13-2-3-14(8-24)25(7-13)9-15-16(19)4-21-5-17(15)20/h4-5,11,13-14H,2-3,6-10H2,1H3,(H,22,23)/t13-,14+/m0/s1. The van der Waals surface area contributed by atoms with Crippen molar-refractivity contribution >= 4 is 23.2 Å². The highest BCUT2D eigenvalue weighted by Gasteiger charge is 2.35. The molecule has 134 valence electrons. The number of imidazole rings is 1. The molecule has 3 aliphatic rings. The van der Waals surface area contributed by atoms with E-state index in [9.17, 15) is 0 Å². The van der Waals surface area contributed by atoms with E-state index in [0.29, 0.717) is 22.0 Å². The molecule has 3 saturated heterocycles. The van der Waals surface area contributed by atoms with Gasteiger partial charge in [0.2, 0.25) is 0 Å². The molecule has 5 rings (SSSR count). The number of pyridine rings is 1. The monoisotopic (exact) mass is 379 g/mol. The van der Waals surface area contributed by atoms with E-state index in [2.05, 4.69) is 31.7 Å². The Balaban J connectivity index is 1.49. The van der Waals surface area contributed by atoms with Gasteiger partial charge in [-0.25, -0.2) is 4.98 Å². The zero-order valence-electron chi connectivity index (χ0n) is 14.4. The normalized spacial score (nSPS) is 24.6. The molecule has 1 N–H and O–H groups in total. The predicted molar refractivity (Wildman–Crippen MR) is 99.8 cm³/mol. The molecule has 0 spiro atoms. The Labute approximate surface area is 158 Å². The zero-order chi connectivity index (χ0) is 17.4. The molecular formula is C18H23Cl2N5. The van der Waals surface area contributed by atoms with Crippen molar-refractivity contribution in [3.8, 4) is 0 Å². The number of hydrogen-bond donors (Lipinski definition) is 1. The zero-order valence-corrected chi connectivity index (χ0v) is 15.9. The molecule has 7 heteroatoms. The largest absolute Gasteiger partial charge is 0.348 e. The van der Waals surface area contributed by atoms with Crippen LogP contribution in [0.15, 0.2) is 18.7 Å². The molecule has 2 aromatic rings. The number of aromatic amines is 1. The molecule has 5 heterocycles. The van der Waals surface area contributed by atoms with Crippen molar-refractivity contribution in [2.45, 2.75) is 38.9 Å².